The first-order valence-corrected chi connectivity index (χ1v) is 5.66. The van der Waals surface area contributed by atoms with Crippen molar-refractivity contribution in [3.8, 4) is 0 Å². The van der Waals surface area contributed by atoms with Crippen LogP contribution < -0.4 is 0 Å². The number of amides is 1. The largest absolute Gasteiger partial charge is 0.395 e. The molecule has 0 saturated carbocycles. The van der Waals surface area contributed by atoms with Crippen molar-refractivity contribution in [3.05, 3.63) is 39.4 Å². The van der Waals surface area contributed by atoms with Gasteiger partial charge < -0.3 is 10.0 Å². The van der Waals surface area contributed by atoms with E-state index in [9.17, 15) is 14.9 Å². The van der Waals surface area contributed by atoms with Crippen LogP contribution in [0.25, 0.3) is 0 Å². The fraction of sp³-hybridized carbons (Fsp3) is 0.417. The quantitative estimate of drug-likeness (QED) is 0.633. The Morgan fingerprint density at radius 2 is 2.17 bits per heavy atom. The van der Waals surface area contributed by atoms with Crippen molar-refractivity contribution < 1.29 is 14.8 Å². The van der Waals surface area contributed by atoms with Gasteiger partial charge in [-0.2, -0.15) is 0 Å². The number of rotatable bonds is 5. The minimum Gasteiger partial charge on any atom is -0.395 e. The van der Waals surface area contributed by atoms with Gasteiger partial charge in [0.05, 0.1) is 11.5 Å². The Morgan fingerprint density at radius 3 is 2.67 bits per heavy atom. The molecule has 0 aromatic heterocycles. The maximum Gasteiger partial charge on any atom is 0.273 e. The highest BCUT2D eigenvalue weighted by Crippen LogP contribution is 2.20. The van der Waals surface area contributed by atoms with Gasteiger partial charge in [0.2, 0.25) is 0 Å². The first-order valence-electron chi connectivity index (χ1n) is 5.66. The van der Waals surface area contributed by atoms with Crippen LogP contribution in [0.4, 0.5) is 5.69 Å². The molecular weight excluding hydrogens is 236 g/mol. The molecule has 0 saturated heterocycles. The summed E-state index contributed by atoms with van der Waals surface area (Å²) in [6.07, 6.45) is 0. The molecule has 0 radical (unpaired) electrons. The van der Waals surface area contributed by atoms with Crippen molar-refractivity contribution in [1.82, 2.24) is 4.90 Å². The third kappa shape index (κ3) is 3.04. The smallest absolute Gasteiger partial charge is 0.273 e. The lowest BCUT2D eigenvalue weighted by Gasteiger charge is -2.19. The standard InChI is InChI=1S/C12H16N2O4/c1-3-13(6-7-15)12(16)10-5-4-9(2)11(8-10)14(17)18/h4-5,8,15H,3,6-7H2,1-2H3. The molecule has 1 aromatic carbocycles. The number of carbonyl (C=O) groups is 1. The van der Waals surface area contributed by atoms with E-state index in [0.717, 1.165) is 0 Å². The zero-order chi connectivity index (χ0) is 13.7. The summed E-state index contributed by atoms with van der Waals surface area (Å²) in [5.41, 5.74) is 0.713. The van der Waals surface area contributed by atoms with Crippen LogP contribution in [-0.4, -0.2) is 40.5 Å². The second-order valence-corrected chi connectivity index (χ2v) is 3.87. The van der Waals surface area contributed by atoms with E-state index in [1.807, 2.05) is 0 Å². The van der Waals surface area contributed by atoms with Crippen LogP contribution in [0.2, 0.25) is 0 Å². The highest BCUT2D eigenvalue weighted by Gasteiger charge is 2.18. The number of nitrogens with zero attached hydrogens (tertiary/aromatic N) is 2. The Hall–Kier alpha value is -1.95. The second-order valence-electron chi connectivity index (χ2n) is 3.87. The minimum atomic E-state index is -0.506. The maximum absolute atomic E-state index is 12.0. The monoisotopic (exact) mass is 252 g/mol. The molecule has 1 amide bonds. The van der Waals surface area contributed by atoms with Crippen LogP contribution >= 0.6 is 0 Å². The van der Waals surface area contributed by atoms with E-state index in [1.54, 1.807) is 26.0 Å². The first kappa shape index (κ1) is 14.1. The molecule has 1 rings (SSSR count). The van der Waals surface area contributed by atoms with Gasteiger partial charge in [0.25, 0.3) is 11.6 Å². The van der Waals surface area contributed by atoms with E-state index >= 15 is 0 Å². The summed E-state index contributed by atoms with van der Waals surface area (Å²) in [5.74, 6) is -0.311. The van der Waals surface area contributed by atoms with Gasteiger partial charge in [-0.15, -0.1) is 0 Å². The molecule has 0 aliphatic carbocycles. The number of nitro benzene ring substituents is 1. The molecule has 0 fully saturated rings. The molecule has 0 atom stereocenters. The van der Waals surface area contributed by atoms with Crippen molar-refractivity contribution in [2.45, 2.75) is 13.8 Å². The third-order valence-electron chi connectivity index (χ3n) is 2.69. The molecule has 0 unspecified atom stereocenters. The van der Waals surface area contributed by atoms with Gasteiger partial charge in [-0.25, -0.2) is 0 Å². The molecule has 0 bridgehead atoms. The van der Waals surface area contributed by atoms with Crippen LogP contribution in [0.3, 0.4) is 0 Å². The van der Waals surface area contributed by atoms with Crippen LogP contribution in [0.15, 0.2) is 18.2 Å². The summed E-state index contributed by atoms with van der Waals surface area (Å²) >= 11 is 0. The van der Waals surface area contributed by atoms with E-state index < -0.39 is 4.92 Å². The lowest BCUT2D eigenvalue weighted by atomic mass is 10.1. The molecule has 1 aromatic rings. The molecule has 6 heteroatoms. The number of aliphatic hydroxyl groups excluding tert-OH is 1. The maximum atomic E-state index is 12.0. The molecule has 0 spiro atoms. The average Bonchev–Trinajstić information content (AvgIpc) is 2.35. The fourth-order valence-electron chi connectivity index (χ4n) is 1.65. The molecule has 0 aliphatic heterocycles. The summed E-state index contributed by atoms with van der Waals surface area (Å²) in [6, 6.07) is 4.39. The van der Waals surface area contributed by atoms with E-state index in [-0.39, 0.29) is 30.3 Å². The number of benzene rings is 1. The van der Waals surface area contributed by atoms with Gasteiger partial charge in [-0.1, -0.05) is 6.07 Å². The van der Waals surface area contributed by atoms with Crippen LogP contribution in [0.5, 0.6) is 0 Å². The molecule has 18 heavy (non-hydrogen) atoms. The number of aliphatic hydroxyl groups is 1. The first-order chi connectivity index (χ1) is 8.51. The van der Waals surface area contributed by atoms with Crippen molar-refractivity contribution in [2.24, 2.45) is 0 Å². The number of hydrogen-bond acceptors (Lipinski definition) is 4. The normalized spacial score (nSPS) is 10.2. The lowest BCUT2D eigenvalue weighted by Crippen LogP contribution is -2.33. The Kier molecular flexibility index (Phi) is 4.79. The fourth-order valence-corrected chi connectivity index (χ4v) is 1.65. The Labute approximate surface area is 105 Å². The van der Waals surface area contributed by atoms with E-state index in [4.69, 9.17) is 5.11 Å². The van der Waals surface area contributed by atoms with Gasteiger partial charge in [-0.05, 0) is 19.9 Å². The van der Waals surface area contributed by atoms with Crippen molar-refractivity contribution in [2.75, 3.05) is 19.7 Å². The Morgan fingerprint density at radius 1 is 1.50 bits per heavy atom. The zero-order valence-electron chi connectivity index (χ0n) is 10.4. The minimum absolute atomic E-state index is 0.0686. The van der Waals surface area contributed by atoms with Crippen molar-refractivity contribution in [1.29, 1.82) is 0 Å². The molecule has 0 aliphatic rings. The summed E-state index contributed by atoms with van der Waals surface area (Å²) in [4.78, 5) is 23.8. The summed E-state index contributed by atoms with van der Waals surface area (Å²) in [7, 11) is 0. The van der Waals surface area contributed by atoms with Gasteiger partial charge in [-0.3, -0.25) is 14.9 Å². The lowest BCUT2D eigenvalue weighted by molar-refractivity contribution is -0.385. The number of hydrogen-bond donors (Lipinski definition) is 1. The van der Waals surface area contributed by atoms with Crippen LogP contribution in [0, 0.1) is 17.0 Å². The Balaban J connectivity index is 3.06. The molecule has 6 nitrogen and oxygen atoms in total. The zero-order valence-corrected chi connectivity index (χ0v) is 10.4. The van der Waals surface area contributed by atoms with Crippen molar-refractivity contribution in [3.63, 3.8) is 0 Å². The van der Waals surface area contributed by atoms with E-state index in [0.29, 0.717) is 12.1 Å². The third-order valence-corrected chi connectivity index (χ3v) is 2.69. The SMILES string of the molecule is CCN(CCO)C(=O)c1ccc(C)c([N+](=O)[O-])c1. The van der Waals surface area contributed by atoms with Gasteiger partial charge >= 0.3 is 0 Å². The van der Waals surface area contributed by atoms with Crippen LogP contribution in [0.1, 0.15) is 22.8 Å². The number of aryl methyl sites for hydroxylation is 1. The van der Waals surface area contributed by atoms with Gasteiger partial charge in [0.15, 0.2) is 0 Å². The number of nitro groups is 1. The van der Waals surface area contributed by atoms with Crippen molar-refractivity contribution >= 4 is 11.6 Å². The van der Waals surface area contributed by atoms with Gasteiger partial charge in [0, 0.05) is 30.3 Å². The van der Waals surface area contributed by atoms with E-state index in [2.05, 4.69) is 0 Å². The number of likely N-dealkylation sites (N-methyl/N-ethyl adjacent to an activating group) is 1. The molecule has 0 heterocycles. The van der Waals surface area contributed by atoms with E-state index in [1.165, 1.54) is 11.0 Å². The topological polar surface area (TPSA) is 83.7 Å². The molecular formula is C12H16N2O4. The summed E-state index contributed by atoms with van der Waals surface area (Å²) in [6.45, 7) is 3.94. The molecule has 1 N–H and O–H groups in total. The van der Waals surface area contributed by atoms with Crippen LogP contribution in [-0.2, 0) is 0 Å². The highest BCUT2D eigenvalue weighted by atomic mass is 16.6. The predicted molar refractivity (Wildman–Crippen MR) is 66.5 cm³/mol. The Bertz CT molecular complexity index is 459. The predicted octanol–water partition coefficient (Wildman–Crippen LogP) is 1.36. The summed E-state index contributed by atoms with van der Waals surface area (Å²) < 4.78 is 0. The van der Waals surface area contributed by atoms with Gasteiger partial charge in [0.1, 0.15) is 0 Å². The molecule has 98 valence electrons. The number of carbonyl (C=O) groups excluding carboxylic acids is 1. The summed E-state index contributed by atoms with van der Waals surface area (Å²) in [5, 5.41) is 19.7. The average molecular weight is 252 g/mol. The second kappa shape index (κ2) is 6.11. The highest BCUT2D eigenvalue weighted by molar-refractivity contribution is 5.95.